The van der Waals surface area contributed by atoms with E-state index in [4.69, 9.17) is 0 Å². The lowest BCUT2D eigenvalue weighted by Crippen LogP contribution is -2.01. The third-order valence-corrected chi connectivity index (χ3v) is 1.93. The van der Waals surface area contributed by atoms with Gasteiger partial charge in [0.2, 0.25) is 0 Å². The molecule has 0 atom stereocenters. The van der Waals surface area contributed by atoms with Crippen LogP contribution in [0.25, 0.3) is 0 Å². The third kappa shape index (κ3) is 2.34. The first kappa shape index (κ1) is 8.25. The Balaban J connectivity index is 2.58. The van der Waals surface area contributed by atoms with E-state index in [1.165, 1.54) is 12.8 Å². The lowest BCUT2D eigenvalue weighted by molar-refractivity contribution is -0.111. The smallest absolute Gasteiger partial charge is 0.181 e. The van der Waals surface area contributed by atoms with Gasteiger partial charge in [-0.3, -0.25) is 4.79 Å². The van der Waals surface area contributed by atoms with Crippen molar-refractivity contribution in [1.29, 1.82) is 0 Å². The van der Waals surface area contributed by atoms with Crippen LogP contribution in [0.3, 0.4) is 0 Å². The van der Waals surface area contributed by atoms with E-state index in [1.54, 1.807) is 12.2 Å². The van der Waals surface area contributed by atoms with E-state index >= 15 is 0 Å². The molecule has 0 bridgehead atoms. The summed E-state index contributed by atoms with van der Waals surface area (Å²) in [6.07, 6.45) is 10.0. The van der Waals surface area contributed by atoms with Crippen LogP contribution in [-0.2, 0) is 4.79 Å². The minimum absolute atomic E-state index is 0.201. The molecule has 0 unspecified atom stereocenters. The van der Waals surface area contributed by atoms with Gasteiger partial charge in [-0.1, -0.05) is 12.2 Å². The predicted octanol–water partition coefficient (Wildman–Crippen LogP) is 2.63. The summed E-state index contributed by atoms with van der Waals surface area (Å²) in [5.74, 6) is 0.201. The second-order valence-corrected chi connectivity index (χ2v) is 2.84. The summed E-state index contributed by atoms with van der Waals surface area (Å²) < 4.78 is 0. The minimum atomic E-state index is 0.201. The van der Waals surface area contributed by atoms with Gasteiger partial charge in [-0.2, -0.15) is 0 Å². The molecule has 0 saturated heterocycles. The van der Waals surface area contributed by atoms with Gasteiger partial charge in [0, 0.05) is 0 Å². The summed E-state index contributed by atoms with van der Waals surface area (Å²) in [6.45, 7) is 1.88. The predicted molar refractivity (Wildman–Crippen MR) is 46.4 cm³/mol. The average molecular weight is 150 g/mol. The molecule has 60 valence electrons. The van der Waals surface area contributed by atoms with Gasteiger partial charge >= 0.3 is 0 Å². The fourth-order valence-corrected chi connectivity index (χ4v) is 1.32. The number of hydrogen-bond acceptors (Lipinski definition) is 1. The molecule has 0 heterocycles. The lowest BCUT2D eigenvalue weighted by Gasteiger charge is -2.08. The molecule has 1 aliphatic carbocycles. The fourth-order valence-electron chi connectivity index (χ4n) is 1.32. The molecule has 1 nitrogen and oxygen atoms in total. The van der Waals surface area contributed by atoms with Gasteiger partial charge in [0.25, 0.3) is 0 Å². The van der Waals surface area contributed by atoms with Crippen molar-refractivity contribution in [2.45, 2.75) is 32.6 Å². The van der Waals surface area contributed by atoms with E-state index in [1.807, 2.05) is 6.92 Å². The van der Waals surface area contributed by atoms with E-state index in [9.17, 15) is 4.79 Å². The Kier molecular flexibility index (Phi) is 3.09. The monoisotopic (exact) mass is 150 g/mol. The Morgan fingerprint density at radius 2 is 2.36 bits per heavy atom. The summed E-state index contributed by atoms with van der Waals surface area (Å²) in [6, 6.07) is 0. The maximum Gasteiger partial charge on any atom is 0.181 e. The molecule has 1 heteroatoms. The highest BCUT2D eigenvalue weighted by molar-refractivity contribution is 6.03. The van der Waals surface area contributed by atoms with Crippen LogP contribution in [0, 0.1) is 0 Å². The summed E-state index contributed by atoms with van der Waals surface area (Å²) in [5.41, 5.74) is 1.01. The summed E-state index contributed by atoms with van der Waals surface area (Å²) in [5, 5.41) is 0. The van der Waals surface area contributed by atoms with E-state index in [0.29, 0.717) is 0 Å². The molecule has 0 aromatic heterocycles. The van der Waals surface area contributed by atoms with Gasteiger partial charge in [-0.25, -0.2) is 0 Å². The maximum atomic E-state index is 11.2. The molecule has 1 aliphatic rings. The van der Waals surface area contributed by atoms with E-state index in [2.05, 4.69) is 6.08 Å². The third-order valence-electron chi connectivity index (χ3n) is 1.93. The molecule has 0 saturated carbocycles. The molecule has 0 N–H and O–H groups in total. The zero-order chi connectivity index (χ0) is 8.10. The summed E-state index contributed by atoms with van der Waals surface area (Å²) in [4.78, 5) is 11.2. The van der Waals surface area contributed by atoms with Crippen molar-refractivity contribution in [1.82, 2.24) is 0 Å². The maximum absolute atomic E-state index is 11.2. The molecule has 0 aromatic carbocycles. The van der Waals surface area contributed by atoms with Crippen molar-refractivity contribution < 1.29 is 4.79 Å². The highest BCUT2D eigenvalue weighted by atomic mass is 16.1. The van der Waals surface area contributed by atoms with Crippen LogP contribution in [0.15, 0.2) is 23.8 Å². The largest absolute Gasteiger partial charge is 0.290 e. The Morgan fingerprint density at radius 3 is 2.91 bits per heavy atom. The molecule has 0 aliphatic heterocycles. The minimum Gasteiger partial charge on any atom is -0.290 e. The van der Waals surface area contributed by atoms with Crippen LogP contribution < -0.4 is 0 Å². The molecule has 0 aromatic rings. The van der Waals surface area contributed by atoms with Crippen LogP contribution in [0.2, 0.25) is 0 Å². The van der Waals surface area contributed by atoms with Gasteiger partial charge in [0.1, 0.15) is 0 Å². The number of carbonyl (C=O) groups excluding carboxylic acids is 1. The van der Waals surface area contributed by atoms with Crippen molar-refractivity contribution in [3.05, 3.63) is 23.8 Å². The Morgan fingerprint density at radius 1 is 1.55 bits per heavy atom. The van der Waals surface area contributed by atoms with Gasteiger partial charge in [-0.05, 0) is 44.3 Å². The highest BCUT2D eigenvalue weighted by Gasteiger charge is 2.08. The number of rotatable bonds is 2. The van der Waals surface area contributed by atoms with Crippen LogP contribution in [0.4, 0.5) is 0 Å². The van der Waals surface area contributed by atoms with Crippen molar-refractivity contribution >= 4 is 5.78 Å². The average Bonchev–Trinajstić information content (AvgIpc) is 2.07. The van der Waals surface area contributed by atoms with E-state index in [-0.39, 0.29) is 5.78 Å². The quantitative estimate of drug-likeness (QED) is 0.553. The van der Waals surface area contributed by atoms with E-state index < -0.39 is 0 Å². The molecule has 0 spiro atoms. The number of ketones is 1. The summed E-state index contributed by atoms with van der Waals surface area (Å²) in [7, 11) is 0. The topological polar surface area (TPSA) is 17.1 Å². The van der Waals surface area contributed by atoms with E-state index in [0.717, 1.165) is 18.4 Å². The van der Waals surface area contributed by atoms with Gasteiger partial charge < -0.3 is 0 Å². The van der Waals surface area contributed by atoms with Gasteiger partial charge in [-0.15, -0.1) is 0 Å². The zero-order valence-corrected chi connectivity index (χ0v) is 6.97. The summed E-state index contributed by atoms with van der Waals surface area (Å²) >= 11 is 0. The first-order valence-electron chi connectivity index (χ1n) is 4.20. The molecule has 0 fully saturated rings. The lowest BCUT2D eigenvalue weighted by atomic mass is 9.96. The zero-order valence-electron chi connectivity index (χ0n) is 6.97. The molecular weight excluding hydrogens is 136 g/mol. The van der Waals surface area contributed by atoms with Crippen molar-refractivity contribution in [2.24, 2.45) is 0 Å². The highest BCUT2D eigenvalue weighted by Crippen LogP contribution is 2.18. The van der Waals surface area contributed by atoms with Crippen LogP contribution >= 0.6 is 0 Å². The first-order chi connectivity index (χ1) is 5.34. The standard InChI is InChI=1S/C10H14O/c1-2-6-10(11)9-7-4-3-5-8-9/h2,6-7H,3-5,8H2,1H3. The van der Waals surface area contributed by atoms with Crippen LogP contribution in [0.5, 0.6) is 0 Å². The number of allylic oxidation sites excluding steroid dienone is 4. The molecule has 0 radical (unpaired) electrons. The molecular formula is C10H14O. The SMILES string of the molecule is CC=CC(=O)C1=CCCCC1. The number of hydrogen-bond donors (Lipinski definition) is 0. The van der Waals surface area contributed by atoms with Crippen molar-refractivity contribution in [3.63, 3.8) is 0 Å². The van der Waals surface area contributed by atoms with Gasteiger partial charge in [0.15, 0.2) is 5.78 Å². The Hall–Kier alpha value is -0.850. The van der Waals surface area contributed by atoms with Crippen molar-refractivity contribution in [2.75, 3.05) is 0 Å². The van der Waals surface area contributed by atoms with Gasteiger partial charge in [0.05, 0.1) is 0 Å². The first-order valence-corrected chi connectivity index (χ1v) is 4.20. The number of carbonyl (C=O) groups is 1. The molecule has 11 heavy (non-hydrogen) atoms. The Labute approximate surface area is 67.8 Å². The fraction of sp³-hybridized carbons (Fsp3) is 0.500. The second-order valence-electron chi connectivity index (χ2n) is 2.84. The Bertz CT molecular complexity index is 199. The molecule has 0 amide bonds. The van der Waals surface area contributed by atoms with Crippen molar-refractivity contribution in [3.8, 4) is 0 Å². The molecule has 1 rings (SSSR count). The van der Waals surface area contributed by atoms with Crippen LogP contribution in [0.1, 0.15) is 32.6 Å². The second kappa shape index (κ2) is 4.12. The van der Waals surface area contributed by atoms with Crippen LogP contribution in [-0.4, -0.2) is 5.78 Å². The normalized spacial score (nSPS) is 18.5.